The van der Waals surface area contributed by atoms with Gasteiger partial charge in [0.1, 0.15) is 11.9 Å². The van der Waals surface area contributed by atoms with Gasteiger partial charge in [-0.2, -0.15) is 0 Å². The van der Waals surface area contributed by atoms with E-state index in [1.807, 2.05) is 23.6 Å². The van der Waals surface area contributed by atoms with Crippen LogP contribution in [0.4, 0.5) is 0 Å². The quantitative estimate of drug-likeness (QED) is 0.814. The fourth-order valence-electron chi connectivity index (χ4n) is 2.21. The van der Waals surface area contributed by atoms with Gasteiger partial charge in [-0.25, -0.2) is 0 Å². The minimum absolute atomic E-state index is 0.531. The smallest absolute Gasteiger partial charge is 0.122 e. The lowest BCUT2D eigenvalue weighted by Gasteiger charge is -2.19. The molecule has 1 aromatic carbocycles. The molecule has 1 aliphatic rings. The first kappa shape index (κ1) is 12.4. The number of aliphatic hydroxyl groups is 1. The lowest BCUT2D eigenvalue weighted by Crippen LogP contribution is -2.09. The summed E-state index contributed by atoms with van der Waals surface area (Å²) in [6.45, 7) is 0.803. The number of halogens is 1. The van der Waals surface area contributed by atoms with E-state index in [9.17, 15) is 5.11 Å². The van der Waals surface area contributed by atoms with Gasteiger partial charge in [-0.05, 0) is 75.7 Å². The summed E-state index contributed by atoms with van der Waals surface area (Å²) >= 11 is 3.93. The minimum atomic E-state index is -0.531. The van der Waals surface area contributed by atoms with Crippen molar-refractivity contribution < 1.29 is 9.84 Å². The summed E-state index contributed by atoms with van der Waals surface area (Å²) in [7, 11) is 0. The molecule has 4 heteroatoms. The summed E-state index contributed by atoms with van der Waals surface area (Å²) in [4.78, 5) is 0. The average molecular weight is 372 g/mol. The van der Waals surface area contributed by atoms with E-state index in [2.05, 4.69) is 28.7 Å². The number of fused-ring (bicyclic) bond motifs is 1. The molecule has 0 amide bonds. The van der Waals surface area contributed by atoms with E-state index in [1.165, 1.54) is 8.45 Å². The zero-order valence-corrected chi connectivity index (χ0v) is 12.7. The maximum atomic E-state index is 10.4. The molecule has 1 aromatic heterocycles. The van der Waals surface area contributed by atoms with Crippen LogP contribution in [0.5, 0.6) is 5.75 Å². The molecule has 0 radical (unpaired) electrons. The van der Waals surface area contributed by atoms with E-state index in [-0.39, 0.29) is 0 Å². The lowest BCUT2D eigenvalue weighted by atomic mass is 9.98. The number of aryl methyl sites for hydroxylation is 1. The van der Waals surface area contributed by atoms with Crippen molar-refractivity contribution in [2.45, 2.75) is 18.9 Å². The maximum Gasteiger partial charge on any atom is 0.122 e. The number of benzene rings is 1. The Morgan fingerprint density at radius 2 is 2.17 bits per heavy atom. The predicted molar refractivity (Wildman–Crippen MR) is 81.4 cm³/mol. The molecule has 1 atom stereocenters. The van der Waals surface area contributed by atoms with Crippen LogP contribution < -0.4 is 4.74 Å². The highest BCUT2D eigenvalue weighted by Gasteiger charge is 2.16. The zero-order chi connectivity index (χ0) is 12.5. The monoisotopic (exact) mass is 372 g/mol. The zero-order valence-electron chi connectivity index (χ0n) is 9.73. The van der Waals surface area contributed by atoms with E-state index < -0.39 is 6.10 Å². The second-order valence-electron chi connectivity index (χ2n) is 4.41. The van der Waals surface area contributed by atoms with Crippen molar-refractivity contribution in [3.8, 4) is 5.75 Å². The van der Waals surface area contributed by atoms with Gasteiger partial charge in [0.15, 0.2) is 0 Å². The van der Waals surface area contributed by atoms with Crippen LogP contribution in [0.3, 0.4) is 0 Å². The summed E-state index contributed by atoms with van der Waals surface area (Å²) in [6.07, 6.45) is 1.57. The van der Waals surface area contributed by atoms with Crippen LogP contribution in [0.25, 0.3) is 0 Å². The Morgan fingerprint density at radius 3 is 2.94 bits per heavy atom. The normalized spacial score (nSPS) is 15.9. The molecular formula is C14H13IO2S. The number of thiophene rings is 1. The first-order chi connectivity index (χ1) is 8.74. The van der Waals surface area contributed by atoms with Crippen molar-refractivity contribution >= 4 is 33.9 Å². The van der Waals surface area contributed by atoms with Crippen LogP contribution in [-0.2, 0) is 6.42 Å². The lowest BCUT2D eigenvalue weighted by molar-refractivity contribution is 0.220. The summed E-state index contributed by atoms with van der Waals surface area (Å²) in [5, 5.41) is 12.4. The van der Waals surface area contributed by atoms with Gasteiger partial charge in [-0.15, -0.1) is 11.3 Å². The van der Waals surface area contributed by atoms with Crippen molar-refractivity contribution in [3.63, 3.8) is 0 Å². The molecule has 94 valence electrons. The predicted octanol–water partition coefficient (Wildman–Crippen LogP) is 3.76. The first-order valence-corrected chi connectivity index (χ1v) is 7.87. The summed E-state index contributed by atoms with van der Waals surface area (Å²) in [5.74, 6) is 0.970. The number of rotatable bonds is 2. The van der Waals surface area contributed by atoms with Crippen molar-refractivity contribution in [3.05, 3.63) is 49.2 Å². The van der Waals surface area contributed by atoms with Crippen LogP contribution in [-0.4, -0.2) is 11.7 Å². The first-order valence-electron chi connectivity index (χ1n) is 5.91. The van der Waals surface area contributed by atoms with E-state index in [0.717, 1.165) is 36.3 Å². The van der Waals surface area contributed by atoms with Crippen LogP contribution in [0, 0.1) is 2.88 Å². The third-order valence-corrected chi connectivity index (χ3v) is 4.96. The Kier molecular flexibility index (Phi) is 3.59. The third kappa shape index (κ3) is 2.41. The molecule has 0 spiro atoms. The number of hydrogen-bond donors (Lipinski definition) is 1. The van der Waals surface area contributed by atoms with Crippen LogP contribution in [0.15, 0.2) is 29.6 Å². The minimum Gasteiger partial charge on any atom is -0.493 e. The van der Waals surface area contributed by atoms with E-state index in [1.54, 1.807) is 11.3 Å². The average Bonchev–Trinajstić information content (AvgIpc) is 2.84. The fraction of sp³-hybridized carbons (Fsp3) is 0.286. The van der Waals surface area contributed by atoms with Gasteiger partial charge in [0, 0.05) is 0 Å². The largest absolute Gasteiger partial charge is 0.493 e. The number of hydrogen-bond acceptors (Lipinski definition) is 3. The second-order valence-corrected chi connectivity index (χ2v) is 7.21. The number of aliphatic hydroxyl groups excluding tert-OH is 1. The van der Waals surface area contributed by atoms with Crippen LogP contribution in [0.1, 0.15) is 29.2 Å². The molecule has 2 nitrogen and oxygen atoms in total. The van der Waals surface area contributed by atoms with E-state index >= 15 is 0 Å². The van der Waals surface area contributed by atoms with Crippen molar-refractivity contribution in [2.24, 2.45) is 0 Å². The molecule has 0 aliphatic carbocycles. The summed E-state index contributed by atoms with van der Waals surface area (Å²) < 4.78 is 6.78. The Balaban J connectivity index is 1.92. The standard InChI is InChI=1S/C14H13IO2S/c15-13-7-11(8-18-13)14(16)10-3-4-12-9(6-10)2-1-5-17-12/h3-4,6-8,14,16H,1-2,5H2. The molecular weight excluding hydrogens is 359 g/mol. The van der Waals surface area contributed by atoms with E-state index in [4.69, 9.17) is 4.74 Å². The molecule has 1 unspecified atom stereocenters. The van der Waals surface area contributed by atoms with Gasteiger partial charge < -0.3 is 9.84 Å². The van der Waals surface area contributed by atoms with Crippen LogP contribution in [0.2, 0.25) is 0 Å². The number of ether oxygens (including phenoxy) is 1. The molecule has 0 saturated carbocycles. The summed E-state index contributed by atoms with van der Waals surface area (Å²) in [5.41, 5.74) is 3.14. The van der Waals surface area contributed by atoms with Crippen molar-refractivity contribution in [1.29, 1.82) is 0 Å². The van der Waals surface area contributed by atoms with Gasteiger partial charge in [-0.1, -0.05) is 6.07 Å². The molecule has 0 saturated heterocycles. The van der Waals surface area contributed by atoms with E-state index in [0.29, 0.717) is 0 Å². The van der Waals surface area contributed by atoms with Gasteiger partial charge in [0.25, 0.3) is 0 Å². The Hall–Kier alpha value is -0.590. The molecule has 0 fully saturated rings. The molecule has 3 rings (SSSR count). The van der Waals surface area contributed by atoms with Gasteiger partial charge >= 0.3 is 0 Å². The highest BCUT2D eigenvalue weighted by molar-refractivity contribution is 14.1. The fourth-order valence-corrected chi connectivity index (χ4v) is 3.60. The topological polar surface area (TPSA) is 29.5 Å². The Labute approximate surface area is 124 Å². The van der Waals surface area contributed by atoms with Crippen molar-refractivity contribution in [1.82, 2.24) is 0 Å². The molecule has 0 bridgehead atoms. The summed E-state index contributed by atoms with van der Waals surface area (Å²) in [6, 6.07) is 8.04. The third-order valence-electron chi connectivity index (χ3n) is 3.15. The molecule has 1 N–H and O–H groups in total. The Morgan fingerprint density at radius 1 is 1.28 bits per heavy atom. The molecule has 2 heterocycles. The highest BCUT2D eigenvalue weighted by atomic mass is 127. The van der Waals surface area contributed by atoms with Gasteiger partial charge in [0.2, 0.25) is 0 Å². The molecule has 1 aliphatic heterocycles. The Bertz CT molecular complexity index is 565. The SMILES string of the molecule is OC(c1csc(I)c1)c1ccc2c(c1)CCCO2. The second kappa shape index (κ2) is 5.19. The molecule has 2 aromatic rings. The van der Waals surface area contributed by atoms with Gasteiger partial charge in [-0.3, -0.25) is 0 Å². The van der Waals surface area contributed by atoms with Gasteiger partial charge in [0.05, 0.1) is 9.49 Å². The molecule has 18 heavy (non-hydrogen) atoms. The highest BCUT2D eigenvalue weighted by Crippen LogP contribution is 2.32. The maximum absolute atomic E-state index is 10.4. The van der Waals surface area contributed by atoms with Crippen molar-refractivity contribution in [2.75, 3.05) is 6.61 Å². The van der Waals surface area contributed by atoms with Crippen LogP contribution >= 0.6 is 33.9 Å².